The summed E-state index contributed by atoms with van der Waals surface area (Å²) >= 11 is 6.33. The fraction of sp³-hybridized carbons (Fsp3) is 0.606. The zero-order valence-electron chi connectivity index (χ0n) is 25.4. The summed E-state index contributed by atoms with van der Waals surface area (Å²) < 4.78 is 34.6. The number of ether oxygens (including phenoxy) is 1. The average molecular weight is 616 g/mol. The average Bonchev–Trinajstić information content (AvgIpc) is 2.98. The number of likely N-dealkylation sites (tertiary alicyclic amines) is 1. The van der Waals surface area contributed by atoms with Crippen molar-refractivity contribution in [3.05, 3.63) is 64.7 Å². The van der Waals surface area contributed by atoms with Gasteiger partial charge < -0.3 is 9.64 Å². The number of hydrogen-bond donors (Lipinski definition) is 0. The van der Waals surface area contributed by atoms with Gasteiger partial charge in [0, 0.05) is 31.2 Å². The second-order valence-corrected chi connectivity index (χ2v) is 15.1. The molecule has 1 spiro atoms. The summed E-state index contributed by atoms with van der Waals surface area (Å²) in [7, 11) is 0.633. The highest BCUT2D eigenvalue weighted by molar-refractivity contribution is 7.89. The van der Waals surface area contributed by atoms with Crippen LogP contribution in [0.5, 0.6) is 0 Å². The second-order valence-electron chi connectivity index (χ2n) is 12.8. The third kappa shape index (κ3) is 6.29. The molecule has 0 aromatic heterocycles. The monoisotopic (exact) mass is 615 g/mol. The highest BCUT2D eigenvalue weighted by atomic mass is 35.5. The van der Waals surface area contributed by atoms with E-state index >= 15 is 0 Å². The Balaban J connectivity index is 1.13. The van der Waals surface area contributed by atoms with Crippen molar-refractivity contribution in [1.29, 1.82) is 0 Å². The quantitative estimate of drug-likeness (QED) is 0.373. The van der Waals surface area contributed by atoms with Crippen LogP contribution in [0.15, 0.2) is 53.4 Å². The summed E-state index contributed by atoms with van der Waals surface area (Å²) in [5, 5.41) is 0.240. The minimum atomic E-state index is -3.77. The normalized spacial score (nSPS) is 22.9. The fourth-order valence-electron chi connectivity index (χ4n) is 7.56. The summed E-state index contributed by atoms with van der Waals surface area (Å²) in [4.78, 5) is 17.6. The van der Waals surface area contributed by atoms with Crippen LogP contribution in [0.3, 0.4) is 0 Å². The first-order valence-electron chi connectivity index (χ1n) is 15.4. The molecule has 0 radical (unpaired) electrons. The molecule has 1 atom stereocenters. The summed E-state index contributed by atoms with van der Waals surface area (Å²) in [6.45, 7) is 3.92. The molecule has 9 heteroatoms. The van der Waals surface area contributed by atoms with Crippen molar-refractivity contribution in [3.8, 4) is 0 Å². The van der Waals surface area contributed by atoms with Crippen LogP contribution < -0.4 is 0 Å². The van der Waals surface area contributed by atoms with Gasteiger partial charge in [-0.3, -0.25) is 9.69 Å². The number of carbonyl (C=O) groups is 1. The van der Waals surface area contributed by atoms with E-state index in [2.05, 4.69) is 49.3 Å². The predicted molar refractivity (Wildman–Crippen MR) is 167 cm³/mol. The topological polar surface area (TPSA) is 70.2 Å². The van der Waals surface area contributed by atoms with Crippen LogP contribution in [0, 0.1) is 12.3 Å². The number of sulfonamides is 1. The van der Waals surface area contributed by atoms with Crippen molar-refractivity contribution in [2.45, 2.75) is 81.2 Å². The first-order valence-corrected chi connectivity index (χ1v) is 17.3. The lowest BCUT2D eigenvalue weighted by molar-refractivity contribution is -0.139. The molecule has 7 nitrogen and oxygen atoms in total. The van der Waals surface area contributed by atoms with Crippen LogP contribution in [0.1, 0.15) is 68.9 Å². The Morgan fingerprint density at radius 1 is 0.952 bits per heavy atom. The third-order valence-electron chi connectivity index (χ3n) is 10.3. The molecule has 0 bridgehead atoms. The molecule has 1 saturated carbocycles. The van der Waals surface area contributed by atoms with Gasteiger partial charge in [-0.25, -0.2) is 8.42 Å². The Bertz CT molecular complexity index is 1310. The second kappa shape index (κ2) is 12.9. The van der Waals surface area contributed by atoms with Crippen LogP contribution >= 0.6 is 11.6 Å². The van der Waals surface area contributed by atoms with Gasteiger partial charge in [-0.2, -0.15) is 4.31 Å². The number of aryl methyl sites for hydroxylation is 1. The fourth-order valence-corrected chi connectivity index (χ4v) is 10.0. The zero-order valence-corrected chi connectivity index (χ0v) is 26.9. The van der Waals surface area contributed by atoms with E-state index in [1.165, 1.54) is 22.7 Å². The van der Waals surface area contributed by atoms with E-state index in [9.17, 15) is 13.2 Å². The van der Waals surface area contributed by atoms with Crippen molar-refractivity contribution in [2.75, 3.05) is 46.9 Å². The Morgan fingerprint density at radius 2 is 1.64 bits per heavy atom. The van der Waals surface area contributed by atoms with Gasteiger partial charge >= 0.3 is 0 Å². The van der Waals surface area contributed by atoms with Gasteiger partial charge in [-0.1, -0.05) is 60.5 Å². The molecule has 230 valence electrons. The minimum Gasteiger partial charge on any atom is -0.370 e. The summed E-state index contributed by atoms with van der Waals surface area (Å²) in [5.41, 5.74) is 2.43. The van der Waals surface area contributed by atoms with Crippen LogP contribution in [-0.4, -0.2) is 81.4 Å². The number of rotatable bonds is 8. The number of benzene rings is 2. The summed E-state index contributed by atoms with van der Waals surface area (Å²) in [5.74, 6) is -0.000233. The molecule has 2 heterocycles. The molecule has 3 aliphatic rings. The van der Waals surface area contributed by atoms with Gasteiger partial charge in [0.05, 0.1) is 11.6 Å². The highest BCUT2D eigenvalue weighted by Gasteiger charge is 2.46. The van der Waals surface area contributed by atoms with Gasteiger partial charge in [0.15, 0.2) is 0 Å². The lowest BCUT2D eigenvalue weighted by Crippen LogP contribution is -2.51. The highest BCUT2D eigenvalue weighted by Crippen LogP contribution is 2.52. The number of nitrogens with zero attached hydrogens (tertiary/aromatic N) is 3. The molecular formula is C33H46ClN3O4S. The minimum absolute atomic E-state index is 0.000233. The van der Waals surface area contributed by atoms with Crippen LogP contribution in [0.4, 0.5) is 0 Å². The number of piperidine rings is 2. The van der Waals surface area contributed by atoms with Crippen molar-refractivity contribution in [3.63, 3.8) is 0 Å². The van der Waals surface area contributed by atoms with Crippen molar-refractivity contribution in [2.24, 2.45) is 5.41 Å². The van der Waals surface area contributed by atoms with Crippen LogP contribution in [0.2, 0.25) is 5.02 Å². The van der Waals surface area contributed by atoms with E-state index < -0.39 is 10.0 Å². The molecule has 1 amide bonds. The molecule has 2 aromatic rings. The number of carbonyl (C=O) groups excluding carboxylic acids is 1. The first kappa shape index (κ1) is 31.5. The Morgan fingerprint density at radius 3 is 2.29 bits per heavy atom. The van der Waals surface area contributed by atoms with Gasteiger partial charge in [0.25, 0.3) is 0 Å². The Kier molecular flexibility index (Phi) is 9.70. The molecule has 2 saturated heterocycles. The molecule has 1 aliphatic carbocycles. The largest absolute Gasteiger partial charge is 0.370 e. The SMILES string of the molecule is Cc1cccc(Cl)c1S(=O)(=O)N1CCCC[C@H]1COCC(=O)N1CCC2(CC1)CCC(c1ccccc1)(N(C)C)CC2. The number of amides is 1. The zero-order chi connectivity index (χ0) is 30.0. The van der Waals surface area contributed by atoms with E-state index in [0.29, 0.717) is 23.9 Å². The van der Waals surface area contributed by atoms with Crippen molar-refractivity contribution >= 4 is 27.5 Å². The summed E-state index contributed by atoms with van der Waals surface area (Å²) in [6.07, 6.45) is 9.13. The lowest BCUT2D eigenvalue weighted by Gasteiger charge is -2.52. The molecule has 0 N–H and O–H groups in total. The lowest BCUT2D eigenvalue weighted by atomic mass is 9.61. The van der Waals surface area contributed by atoms with Gasteiger partial charge in [-0.05, 0) is 95.0 Å². The molecule has 5 rings (SSSR count). The van der Waals surface area contributed by atoms with Crippen LogP contribution in [-0.2, 0) is 25.1 Å². The molecular weight excluding hydrogens is 570 g/mol. The van der Waals surface area contributed by atoms with E-state index in [1.54, 1.807) is 25.1 Å². The maximum Gasteiger partial charge on any atom is 0.248 e. The predicted octanol–water partition coefficient (Wildman–Crippen LogP) is 5.85. The first-order chi connectivity index (χ1) is 20.1. The maximum absolute atomic E-state index is 13.6. The molecule has 0 unspecified atom stereocenters. The standard InChI is InChI=1S/C33H46ClN3O4S/c1-26-10-9-14-29(34)31(26)42(39,40)37-21-8-7-13-28(37)24-41-25-30(38)36-22-19-32(20-23-36)15-17-33(18-16-32,35(2)3)27-11-5-4-6-12-27/h4-6,9-12,14,28H,7-8,13,15-25H2,1-3H3/t28-/m0/s1. The third-order valence-corrected chi connectivity index (χ3v) is 12.9. The van der Waals surface area contributed by atoms with Gasteiger partial charge in [0.2, 0.25) is 15.9 Å². The van der Waals surface area contributed by atoms with E-state index in [1.807, 2.05) is 4.90 Å². The van der Waals surface area contributed by atoms with E-state index in [-0.39, 0.29) is 40.6 Å². The van der Waals surface area contributed by atoms with E-state index in [0.717, 1.165) is 51.6 Å². The number of hydrogen-bond acceptors (Lipinski definition) is 5. The smallest absolute Gasteiger partial charge is 0.248 e. The number of halogens is 1. The Labute approximate surface area is 257 Å². The summed E-state index contributed by atoms with van der Waals surface area (Å²) in [6, 6.07) is 15.7. The van der Waals surface area contributed by atoms with Crippen LogP contribution in [0.25, 0.3) is 0 Å². The van der Waals surface area contributed by atoms with E-state index in [4.69, 9.17) is 16.3 Å². The molecule has 3 fully saturated rings. The van der Waals surface area contributed by atoms with Gasteiger partial charge in [0.1, 0.15) is 11.5 Å². The van der Waals surface area contributed by atoms with Crippen molar-refractivity contribution < 1.29 is 17.9 Å². The maximum atomic E-state index is 13.6. The van der Waals surface area contributed by atoms with Crippen molar-refractivity contribution in [1.82, 2.24) is 14.1 Å². The Hall–Kier alpha value is -1.97. The molecule has 2 aromatic carbocycles. The van der Waals surface area contributed by atoms with Gasteiger partial charge in [-0.15, -0.1) is 0 Å². The molecule has 2 aliphatic heterocycles. The molecule has 42 heavy (non-hydrogen) atoms.